The Kier molecular flexibility index (Phi) is 23.7. The Labute approximate surface area is 375 Å². The molecule has 1 aromatic rings. The molecule has 362 valence electrons. The Hall–Kier alpha value is -5.41. The Balaban J connectivity index is 2.16. The lowest BCUT2D eigenvalue weighted by molar-refractivity contribution is -0.279. The van der Waals surface area contributed by atoms with E-state index in [0.717, 1.165) is 59.5 Å². The molecule has 0 saturated carbocycles. The molecule has 1 aliphatic heterocycles. The molecule has 5 atom stereocenters. The molecule has 1 heterocycles. The van der Waals surface area contributed by atoms with Gasteiger partial charge in [-0.3, -0.25) is 14.4 Å². The molecule has 1 aliphatic rings. The highest BCUT2D eigenvalue weighted by Crippen LogP contribution is 2.33. The second kappa shape index (κ2) is 27.7. The van der Waals surface area contributed by atoms with Crippen LogP contribution in [0.4, 0.5) is 20.1 Å². The van der Waals surface area contributed by atoms with Crippen molar-refractivity contribution in [2.24, 2.45) is 0 Å². The first kappa shape index (κ1) is 54.7. The third-order valence-electron chi connectivity index (χ3n) is 9.55. The molecule has 1 saturated heterocycles. The zero-order valence-corrected chi connectivity index (χ0v) is 38.9. The average molecular weight is 912 g/mol. The predicted octanol–water partition coefficient (Wildman–Crippen LogP) is 3.97. The van der Waals surface area contributed by atoms with Crippen molar-refractivity contribution >= 4 is 47.8 Å². The molecule has 0 aliphatic carbocycles. The van der Waals surface area contributed by atoms with Gasteiger partial charge < -0.3 is 68.3 Å². The van der Waals surface area contributed by atoms with Gasteiger partial charge in [-0.05, 0) is 58.4 Å². The Morgan fingerprint density at radius 3 is 1.92 bits per heavy atom. The third-order valence-corrected chi connectivity index (χ3v) is 9.55. The number of aliphatic hydroxyl groups excluding tert-OH is 1. The standard InChI is InChI=1S/C43H69N5O16/c1-28(49)60-35-34(52)36(61-29(2)50)39(63-37(35)38(53)57-10)62-32-20-19-30(27-59-41(55)47(8)23-24-48(9)42(56)64-43(3,4)5)26-31(32)45-33(51)18-16-14-12-11-13-15-17-25-58-40(54)46(7)22-21-44-6/h19-20,26,34-37,39,44,52H,11-18,21-25,27H2,1-10H3,(H,45,51)/t34-,35-,36+,37?,39+/m0/s1. The predicted molar refractivity (Wildman–Crippen MR) is 230 cm³/mol. The third kappa shape index (κ3) is 20.0. The molecule has 4 amide bonds. The van der Waals surface area contributed by atoms with Gasteiger partial charge in [-0.2, -0.15) is 0 Å². The fourth-order valence-electron chi connectivity index (χ4n) is 6.06. The smallest absolute Gasteiger partial charge is 0.410 e. The van der Waals surface area contributed by atoms with Crippen molar-refractivity contribution in [2.45, 2.75) is 129 Å². The lowest BCUT2D eigenvalue weighted by Gasteiger charge is -2.41. The lowest BCUT2D eigenvalue weighted by atomic mass is 9.98. The molecule has 21 nitrogen and oxygen atoms in total. The summed E-state index contributed by atoms with van der Waals surface area (Å²) >= 11 is 0. The fraction of sp³-hybridized carbons (Fsp3) is 0.698. The highest BCUT2D eigenvalue weighted by atomic mass is 16.7. The van der Waals surface area contributed by atoms with Gasteiger partial charge in [-0.25, -0.2) is 19.2 Å². The van der Waals surface area contributed by atoms with Crippen LogP contribution in [0.25, 0.3) is 0 Å². The number of carbonyl (C=O) groups is 7. The second-order valence-corrected chi connectivity index (χ2v) is 16.3. The molecule has 0 aromatic heterocycles. The lowest BCUT2D eigenvalue weighted by Crippen LogP contribution is -2.63. The number of rotatable bonds is 24. The van der Waals surface area contributed by atoms with E-state index in [-0.39, 0.29) is 49.6 Å². The van der Waals surface area contributed by atoms with Crippen LogP contribution in [-0.4, -0.2) is 166 Å². The zero-order chi connectivity index (χ0) is 48.0. The topological polar surface area (TPSA) is 247 Å². The largest absolute Gasteiger partial charge is 0.467 e. The quantitative estimate of drug-likeness (QED) is 0.0754. The number of esters is 3. The van der Waals surface area contributed by atoms with Crippen LogP contribution in [0.2, 0.25) is 0 Å². The summed E-state index contributed by atoms with van der Waals surface area (Å²) in [6.45, 7) is 9.02. The monoisotopic (exact) mass is 911 g/mol. The number of benzene rings is 1. The summed E-state index contributed by atoms with van der Waals surface area (Å²) in [6.07, 6.45) is -4.14. The van der Waals surface area contributed by atoms with E-state index in [9.17, 15) is 38.7 Å². The van der Waals surface area contributed by atoms with Gasteiger partial charge >= 0.3 is 36.2 Å². The number of nitrogens with zero attached hydrogens (tertiary/aromatic N) is 3. The number of likely N-dealkylation sites (N-methyl/N-ethyl adjacent to an activating group) is 4. The van der Waals surface area contributed by atoms with E-state index in [2.05, 4.69) is 10.6 Å². The Morgan fingerprint density at radius 1 is 0.766 bits per heavy atom. The molecular formula is C43H69N5O16. The Morgan fingerprint density at radius 2 is 1.33 bits per heavy atom. The maximum absolute atomic E-state index is 13.3. The Bertz CT molecular complexity index is 1690. The number of hydrogen-bond donors (Lipinski definition) is 3. The van der Waals surface area contributed by atoms with E-state index in [1.165, 1.54) is 39.9 Å². The maximum Gasteiger partial charge on any atom is 0.410 e. The van der Waals surface area contributed by atoms with Crippen molar-refractivity contribution in [3.8, 4) is 5.75 Å². The first-order chi connectivity index (χ1) is 30.2. The minimum absolute atomic E-state index is 0.0371. The van der Waals surface area contributed by atoms with Gasteiger partial charge in [0.25, 0.3) is 0 Å². The highest BCUT2D eigenvalue weighted by Gasteiger charge is 2.53. The van der Waals surface area contributed by atoms with Crippen molar-refractivity contribution in [1.82, 2.24) is 20.0 Å². The van der Waals surface area contributed by atoms with E-state index in [1.54, 1.807) is 34.9 Å². The summed E-state index contributed by atoms with van der Waals surface area (Å²) in [4.78, 5) is 91.5. The molecule has 1 unspecified atom stereocenters. The van der Waals surface area contributed by atoms with Gasteiger partial charge in [0.1, 0.15) is 24.1 Å². The van der Waals surface area contributed by atoms with E-state index >= 15 is 0 Å². The van der Waals surface area contributed by atoms with Crippen LogP contribution in [0, 0.1) is 0 Å². The molecule has 0 bridgehead atoms. The van der Waals surface area contributed by atoms with Gasteiger partial charge in [-0.1, -0.05) is 38.2 Å². The number of anilines is 1. The van der Waals surface area contributed by atoms with Crippen LogP contribution < -0.4 is 15.4 Å². The maximum atomic E-state index is 13.3. The number of aliphatic hydroxyl groups is 1. The first-order valence-electron chi connectivity index (χ1n) is 21.4. The van der Waals surface area contributed by atoms with Gasteiger partial charge in [0.05, 0.1) is 19.4 Å². The molecule has 1 fully saturated rings. The number of ether oxygens (including phenoxy) is 8. The molecule has 64 heavy (non-hydrogen) atoms. The van der Waals surface area contributed by atoms with Crippen molar-refractivity contribution < 1.29 is 76.6 Å². The summed E-state index contributed by atoms with van der Waals surface area (Å²) in [6, 6.07) is 4.45. The fourth-order valence-corrected chi connectivity index (χ4v) is 6.06. The summed E-state index contributed by atoms with van der Waals surface area (Å²) in [5.41, 5.74) is -0.166. The molecule has 1 aromatic carbocycles. The van der Waals surface area contributed by atoms with Crippen LogP contribution in [0.1, 0.15) is 91.5 Å². The van der Waals surface area contributed by atoms with E-state index in [0.29, 0.717) is 31.7 Å². The zero-order valence-electron chi connectivity index (χ0n) is 38.9. The van der Waals surface area contributed by atoms with Gasteiger partial charge in [0.15, 0.2) is 18.3 Å². The van der Waals surface area contributed by atoms with Gasteiger partial charge in [0, 0.05) is 67.6 Å². The molecule has 21 heteroatoms. The van der Waals surface area contributed by atoms with Crippen LogP contribution in [-0.2, 0) is 58.9 Å². The normalized spacial score (nSPS) is 18.1. The van der Waals surface area contributed by atoms with Crippen LogP contribution in [0.5, 0.6) is 5.75 Å². The summed E-state index contributed by atoms with van der Waals surface area (Å²) in [5.74, 6) is -3.14. The second-order valence-electron chi connectivity index (χ2n) is 16.3. The van der Waals surface area contributed by atoms with Crippen LogP contribution in [0.15, 0.2) is 18.2 Å². The van der Waals surface area contributed by atoms with E-state index < -0.39 is 66.4 Å². The first-order valence-corrected chi connectivity index (χ1v) is 21.4. The van der Waals surface area contributed by atoms with Crippen molar-refractivity contribution in [1.29, 1.82) is 0 Å². The van der Waals surface area contributed by atoms with Crippen molar-refractivity contribution in [2.75, 3.05) is 73.4 Å². The summed E-state index contributed by atoms with van der Waals surface area (Å²) in [5, 5.41) is 17.0. The summed E-state index contributed by atoms with van der Waals surface area (Å²) in [7, 11) is 7.62. The number of carbonyl (C=O) groups excluding carboxylic acids is 7. The summed E-state index contributed by atoms with van der Waals surface area (Å²) < 4.78 is 43.4. The van der Waals surface area contributed by atoms with E-state index in [4.69, 9.17) is 37.9 Å². The van der Waals surface area contributed by atoms with Crippen LogP contribution >= 0.6 is 0 Å². The van der Waals surface area contributed by atoms with Crippen LogP contribution in [0.3, 0.4) is 0 Å². The SMILES string of the molecule is CNCCN(C)C(=O)OCCCCCCCCCC(=O)Nc1cc(COC(=O)N(C)CCN(C)C(=O)OC(C)(C)C)ccc1O[C@@H]1OC(C(=O)OC)[C@@H](OC(C)=O)[C@H](O)[C@H]1OC(C)=O. The van der Waals surface area contributed by atoms with Gasteiger partial charge in [0.2, 0.25) is 12.2 Å². The molecule has 0 spiro atoms. The average Bonchev–Trinajstić information content (AvgIpc) is 3.22. The molecule has 3 N–H and O–H groups in total. The molecule has 2 rings (SSSR count). The number of amides is 4. The molecular weight excluding hydrogens is 842 g/mol. The molecule has 0 radical (unpaired) electrons. The number of methoxy groups -OCH3 is 1. The minimum atomic E-state index is -1.81. The van der Waals surface area contributed by atoms with Crippen molar-refractivity contribution in [3.05, 3.63) is 23.8 Å². The number of unbranched alkanes of at least 4 members (excludes halogenated alkanes) is 6. The number of nitrogens with one attached hydrogen (secondary N) is 2. The number of hydrogen-bond acceptors (Lipinski definition) is 17. The minimum Gasteiger partial charge on any atom is -0.467 e. The van der Waals surface area contributed by atoms with Crippen molar-refractivity contribution in [3.63, 3.8) is 0 Å². The highest BCUT2D eigenvalue weighted by molar-refractivity contribution is 5.92. The van der Waals surface area contributed by atoms with E-state index in [1.807, 2.05) is 7.05 Å². The van der Waals surface area contributed by atoms with Gasteiger partial charge in [-0.15, -0.1) is 0 Å².